The number of anilines is 3. The molecule has 4 nitrogen and oxygen atoms in total. The van der Waals surface area contributed by atoms with E-state index >= 15 is 0 Å². The Morgan fingerprint density at radius 1 is 0.743 bits per heavy atom. The quantitative estimate of drug-likeness (QED) is 0.175. The number of fused-ring (bicyclic) bond motifs is 4. The maximum absolute atomic E-state index is 13.2. The number of nitrogens with zero attached hydrogens (tertiary/aromatic N) is 2. The van der Waals surface area contributed by atoms with Crippen molar-refractivity contribution in [2.24, 2.45) is 0 Å². The summed E-state index contributed by atoms with van der Waals surface area (Å²) in [6.45, 7) is 0. The van der Waals surface area contributed by atoms with Crippen LogP contribution < -0.4 is 13.8 Å². The number of carbonyl (C=O) groups is 2. The van der Waals surface area contributed by atoms with E-state index in [2.05, 4.69) is 41.3 Å². The minimum absolute atomic E-state index is 0.0701. The van der Waals surface area contributed by atoms with Gasteiger partial charge in [-0.3, -0.25) is 0 Å². The van der Waals surface area contributed by atoms with Gasteiger partial charge in [0.1, 0.15) is 0 Å². The van der Waals surface area contributed by atoms with Crippen molar-refractivity contribution >= 4 is 82.9 Å². The Morgan fingerprint density at radius 3 is 2.20 bits per heavy atom. The van der Waals surface area contributed by atoms with Gasteiger partial charge in [-0.25, -0.2) is 0 Å². The van der Waals surface area contributed by atoms with Gasteiger partial charge in [-0.05, 0) is 0 Å². The Balaban J connectivity index is 1.30. The molecule has 5 aromatic rings. The molecule has 0 fully saturated rings. The summed E-state index contributed by atoms with van der Waals surface area (Å²) in [5, 5.41) is 1.94. The number of hydrogen-bond donors (Lipinski definition) is 0. The summed E-state index contributed by atoms with van der Waals surface area (Å²) in [4.78, 5) is 33.4. The molecule has 1 aliphatic heterocycles. The zero-order valence-electron chi connectivity index (χ0n) is 18.3. The maximum atomic E-state index is 13.2. The molecule has 0 unspecified atom stereocenters. The number of para-hydroxylation sites is 1. The zero-order valence-corrected chi connectivity index (χ0v) is 21.7. The first-order valence-electron chi connectivity index (χ1n) is 11.1. The Morgan fingerprint density at radius 2 is 1.43 bits per heavy atom. The molecule has 35 heavy (non-hydrogen) atoms. The van der Waals surface area contributed by atoms with Gasteiger partial charge in [-0.2, -0.15) is 0 Å². The molecule has 0 spiro atoms. The SMILES string of the molecule is O=C1C(=Cc2ccc(N3c4ccccc4[Se]c4cccnc43)[se]2)C(=O)c2cc3ccccc3cc21. The van der Waals surface area contributed by atoms with Gasteiger partial charge in [-0.1, -0.05) is 0 Å². The van der Waals surface area contributed by atoms with Gasteiger partial charge in [0.2, 0.25) is 0 Å². The van der Waals surface area contributed by atoms with Gasteiger partial charge < -0.3 is 0 Å². The fourth-order valence-electron chi connectivity index (χ4n) is 4.64. The van der Waals surface area contributed by atoms with E-state index in [0.717, 1.165) is 25.6 Å². The monoisotopic (exact) mass is 584 g/mol. The number of rotatable bonds is 2. The van der Waals surface area contributed by atoms with E-state index in [1.165, 1.54) is 14.6 Å². The van der Waals surface area contributed by atoms with E-state index in [9.17, 15) is 9.59 Å². The number of carbonyl (C=O) groups excluding carboxylic acids is 2. The second kappa shape index (κ2) is 8.01. The van der Waals surface area contributed by atoms with E-state index in [1.54, 1.807) is 6.08 Å². The number of aromatic nitrogens is 1. The van der Waals surface area contributed by atoms with Crippen LogP contribution in [0.2, 0.25) is 0 Å². The molecule has 3 aromatic carbocycles. The summed E-state index contributed by atoms with van der Waals surface area (Å²) in [5.41, 5.74) is 2.44. The Hall–Kier alpha value is -3.53. The standard InChI is InChI=1S/C29H16N2O2Se2/c32-27-20-14-17-6-1-2-7-18(17)15-21(20)28(33)22(27)16-19-11-12-26(34-19)31-23-8-3-4-9-24(23)35-25-10-5-13-30-29(25)31/h1-16H. The summed E-state index contributed by atoms with van der Waals surface area (Å²) in [6, 6.07) is 28.3. The molecule has 2 aliphatic rings. The second-order valence-corrected chi connectivity index (χ2v) is 12.9. The number of ketones is 2. The summed E-state index contributed by atoms with van der Waals surface area (Å²) in [7, 11) is 0. The third kappa shape index (κ3) is 3.30. The average molecular weight is 582 g/mol. The summed E-state index contributed by atoms with van der Waals surface area (Å²) in [5.74, 6) is 0.617. The molecule has 166 valence electrons. The van der Waals surface area contributed by atoms with Gasteiger partial charge in [0.05, 0.1) is 0 Å². The fourth-order valence-corrected chi connectivity index (χ4v) is 8.82. The number of Topliss-reactive ketones (excluding diaryl/α,β-unsaturated/α-hetero) is 2. The normalized spacial score (nSPS) is 14.2. The van der Waals surface area contributed by atoms with Crippen LogP contribution in [-0.2, 0) is 0 Å². The molecule has 0 N–H and O–H groups in total. The van der Waals surface area contributed by atoms with Crippen LogP contribution in [0.5, 0.6) is 0 Å². The number of pyridine rings is 1. The van der Waals surface area contributed by atoms with Crippen LogP contribution in [0.1, 0.15) is 25.2 Å². The van der Waals surface area contributed by atoms with E-state index in [-0.39, 0.29) is 46.6 Å². The average Bonchev–Trinajstić information content (AvgIpc) is 3.44. The first-order valence-corrected chi connectivity index (χ1v) is 14.6. The Bertz CT molecular complexity index is 1630. The molecule has 0 amide bonds. The first kappa shape index (κ1) is 20.8. The van der Waals surface area contributed by atoms with E-state index < -0.39 is 0 Å². The van der Waals surface area contributed by atoms with Crippen LogP contribution in [0, 0.1) is 0 Å². The third-order valence-electron chi connectivity index (χ3n) is 6.27. The molecule has 7 rings (SSSR count). The number of allylic oxidation sites excluding steroid dienone is 1. The topological polar surface area (TPSA) is 50.3 Å². The van der Waals surface area contributed by atoms with E-state index in [0.29, 0.717) is 11.1 Å². The molecule has 0 atom stereocenters. The van der Waals surface area contributed by atoms with Crippen molar-refractivity contribution in [3.63, 3.8) is 0 Å². The van der Waals surface area contributed by atoms with Crippen LogP contribution in [0.25, 0.3) is 16.8 Å². The van der Waals surface area contributed by atoms with Crippen molar-refractivity contribution in [2.45, 2.75) is 0 Å². The van der Waals surface area contributed by atoms with Crippen LogP contribution in [0.4, 0.5) is 16.1 Å². The second-order valence-electron chi connectivity index (χ2n) is 8.37. The van der Waals surface area contributed by atoms with Gasteiger partial charge in [-0.15, -0.1) is 0 Å². The molecule has 1 aliphatic carbocycles. The van der Waals surface area contributed by atoms with Gasteiger partial charge in [0, 0.05) is 0 Å². The van der Waals surface area contributed by atoms with Crippen molar-refractivity contribution in [3.8, 4) is 0 Å². The van der Waals surface area contributed by atoms with Crippen LogP contribution in [0.15, 0.2) is 96.7 Å². The van der Waals surface area contributed by atoms with Crippen molar-refractivity contribution in [1.82, 2.24) is 4.98 Å². The van der Waals surface area contributed by atoms with Crippen molar-refractivity contribution in [1.29, 1.82) is 0 Å². The first-order chi connectivity index (χ1) is 17.2. The van der Waals surface area contributed by atoms with E-state index in [1.807, 2.05) is 54.7 Å². The minimum atomic E-state index is -0.182. The van der Waals surface area contributed by atoms with Gasteiger partial charge >= 0.3 is 215 Å². The van der Waals surface area contributed by atoms with Gasteiger partial charge in [0.15, 0.2) is 0 Å². The van der Waals surface area contributed by atoms with Crippen LogP contribution in [-0.4, -0.2) is 46.0 Å². The predicted octanol–water partition coefficient (Wildman–Crippen LogP) is 4.19. The number of hydrogen-bond acceptors (Lipinski definition) is 4. The molecule has 3 heterocycles. The van der Waals surface area contributed by atoms with Crippen LogP contribution in [0.3, 0.4) is 0 Å². The van der Waals surface area contributed by atoms with Gasteiger partial charge in [0.25, 0.3) is 0 Å². The molecule has 0 saturated heterocycles. The summed E-state index contributed by atoms with van der Waals surface area (Å²) >= 11 is 0.137. The fraction of sp³-hybridized carbons (Fsp3) is 0. The summed E-state index contributed by atoms with van der Waals surface area (Å²) < 4.78 is 4.74. The molecule has 6 heteroatoms. The van der Waals surface area contributed by atoms with Crippen molar-refractivity contribution in [2.75, 3.05) is 4.90 Å². The molecule has 0 radical (unpaired) electrons. The molecular formula is C29H16N2O2Se2. The molecule has 0 bridgehead atoms. The predicted molar refractivity (Wildman–Crippen MR) is 141 cm³/mol. The van der Waals surface area contributed by atoms with Crippen molar-refractivity contribution < 1.29 is 9.59 Å². The van der Waals surface area contributed by atoms with Crippen LogP contribution >= 0.6 is 0 Å². The third-order valence-corrected chi connectivity index (χ3v) is 10.7. The molecule has 2 aromatic heterocycles. The molecule has 0 saturated carbocycles. The zero-order chi connectivity index (χ0) is 23.5. The Labute approximate surface area is 213 Å². The van der Waals surface area contributed by atoms with Crippen molar-refractivity contribution in [3.05, 3.63) is 112 Å². The van der Waals surface area contributed by atoms with E-state index in [4.69, 9.17) is 4.98 Å². The molecular weight excluding hydrogens is 566 g/mol. The Kier molecular flexibility index (Phi) is 4.76. The number of benzene rings is 3. The summed E-state index contributed by atoms with van der Waals surface area (Å²) in [6.07, 6.45) is 3.64.